The summed E-state index contributed by atoms with van der Waals surface area (Å²) in [4.78, 5) is 18.5. The molecule has 0 aromatic carbocycles. The van der Waals surface area contributed by atoms with Crippen LogP contribution in [0.15, 0.2) is 18.2 Å². The molecule has 3 rings (SSSR count). The third-order valence-electron chi connectivity index (χ3n) is 4.66. The van der Waals surface area contributed by atoms with Crippen molar-refractivity contribution < 1.29 is 4.79 Å². The first kappa shape index (κ1) is 13.5. The average Bonchev–Trinajstić information content (AvgIpc) is 2.90. The number of rotatable bonds is 3. The number of fused-ring (bicyclic) bond motifs is 1. The molecular weight excluding hydrogens is 252 g/mol. The molecule has 2 atom stereocenters. The van der Waals surface area contributed by atoms with Crippen LogP contribution in [0.4, 0.5) is 0 Å². The van der Waals surface area contributed by atoms with Crippen molar-refractivity contribution in [1.29, 1.82) is 0 Å². The van der Waals surface area contributed by atoms with Gasteiger partial charge in [-0.15, -0.1) is 0 Å². The molecule has 0 radical (unpaired) electrons. The molecule has 2 aliphatic rings. The molecule has 0 bridgehead atoms. The Morgan fingerprint density at radius 1 is 1.35 bits per heavy atom. The molecule has 1 amide bonds. The summed E-state index contributed by atoms with van der Waals surface area (Å²) < 4.78 is 0. The predicted molar refractivity (Wildman–Crippen MR) is 76.7 cm³/mol. The number of pyridine rings is 1. The topological polar surface area (TPSA) is 71.2 Å². The van der Waals surface area contributed by atoms with Crippen LogP contribution in [-0.2, 0) is 6.54 Å². The zero-order valence-electron chi connectivity index (χ0n) is 11.7. The molecule has 1 saturated heterocycles. The number of aromatic nitrogens is 1. The zero-order valence-corrected chi connectivity index (χ0v) is 11.7. The van der Waals surface area contributed by atoms with Gasteiger partial charge in [0.1, 0.15) is 5.69 Å². The van der Waals surface area contributed by atoms with Crippen LogP contribution < -0.4 is 11.3 Å². The first-order valence-corrected chi connectivity index (χ1v) is 7.49. The molecule has 2 heterocycles. The quantitative estimate of drug-likeness (QED) is 0.497. The highest BCUT2D eigenvalue weighted by Gasteiger charge is 2.35. The smallest absolute Gasteiger partial charge is 0.283 e. The van der Waals surface area contributed by atoms with E-state index in [4.69, 9.17) is 5.84 Å². The van der Waals surface area contributed by atoms with E-state index < -0.39 is 0 Å². The summed E-state index contributed by atoms with van der Waals surface area (Å²) in [5, 5.41) is 0. The molecule has 108 valence electrons. The Morgan fingerprint density at radius 2 is 2.20 bits per heavy atom. The SMILES string of the molecule is NNC(=O)c1cccc(CN2CCC3CCCCC32)n1. The lowest BCUT2D eigenvalue weighted by atomic mass is 9.85. The summed E-state index contributed by atoms with van der Waals surface area (Å²) in [5.41, 5.74) is 3.48. The fourth-order valence-corrected chi connectivity index (χ4v) is 3.68. The van der Waals surface area contributed by atoms with Crippen molar-refractivity contribution >= 4 is 5.91 Å². The van der Waals surface area contributed by atoms with E-state index in [1.165, 1.54) is 32.1 Å². The van der Waals surface area contributed by atoms with E-state index in [0.29, 0.717) is 5.69 Å². The number of nitrogens with two attached hydrogens (primary N) is 1. The molecule has 1 aliphatic heterocycles. The Balaban J connectivity index is 1.70. The normalized spacial score (nSPS) is 26.2. The summed E-state index contributed by atoms with van der Waals surface area (Å²) >= 11 is 0. The number of hydrogen-bond acceptors (Lipinski definition) is 4. The van der Waals surface area contributed by atoms with E-state index in [1.807, 2.05) is 12.1 Å². The van der Waals surface area contributed by atoms with Gasteiger partial charge in [0.25, 0.3) is 5.91 Å². The first-order chi connectivity index (χ1) is 9.78. The van der Waals surface area contributed by atoms with Crippen LogP contribution in [0.5, 0.6) is 0 Å². The third kappa shape index (κ3) is 2.69. The molecule has 3 N–H and O–H groups in total. The minimum absolute atomic E-state index is 0.330. The van der Waals surface area contributed by atoms with Crippen molar-refractivity contribution in [2.24, 2.45) is 11.8 Å². The van der Waals surface area contributed by atoms with Crippen LogP contribution >= 0.6 is 0 Å². The van der Waals surface area contributed by atoms with E-state index in [0.717, 1.165) is 30.7 Å². The lowest BCUT2D eigenvalue weighted by molar-refractivity contribution is 0.0948. The van der Waals surface area contributed by atoms with E-state index >= 15 is 0 Å². The number of hydrogen-bond donors (Lipinski definition) is 2. The number of nitrogen functional groups attached to an aromatic ring is 1. The summed E-state index contributed by atoms with van der Waals surface area (Å²) in [6.07, 6.45) is 6.74. The Hall–Kier alpha value is -1.46. The second kappa shape index (κ2) is 5.89. The maximum atomic E-state index is 11.5. The van der Waals surface area contributed by atoms with Crippen molar-refractivity contribution in [2.45, 2.75) is 44.7 Å². The number of carbonyl (C=O) groups is 1. The number of nitrogens with one attached hydrogen (secondary N) is 1. The van der Waals surface area contributed by atoms with Gasteiger partial charge in [-0.1, -0.05) is 18.9 Å². The number of carbonyl (C=O) groups excluding carboxylic acids is 1. The van der Waals surface area contributed by atoms with Crippen LogP contribution in [0.1, 0.15) is 48.3 Å². The molecule has 2 unspecified atom stereocenters. The minimum Gasteiger partial charge on any atom is -0.294 e. The molecule has 5 heteroatoms. The molecule has 1 saturated carbocycles. The van der Waals surface area contributed by atoms with E-state index in [9.17, 15) is 4.79 Å². The van der Waals surface area contributed by atoms with Crippen LogP contribution in [0, 0.1) is 5.92 Å². The van der Waals surface area contributed by atoms with Gasteiger partial charge in [-0.05, 0) is 43.9 Å². The van der Waals surface area contributed by atoms with Gasteiger partial charge in [-0.25, -0.2) is 10.8 Å². The second-order valence-electron chi connectivity index (χ2n) is 5.86. The molecule has 1 aromatic rings. The molecular formula is C15H22N4O. The summed E-state index contributed by atoms with van der Waals surface area (Å²) in [5.74, 6) is 5.70. The van der Waals surface area contributed by atoms with Gasteiger partial charge >= 0.3 is 0 Å². The van der Waals surface area contributed by atoms with Crippen LogP contribution in [-0.4, -0.2) is 28.4 Å². The number of hydrazine groups is 1. The van der Waals surface area contributed by atoms with Crippen LogP contribution in [0.25, 0.3) is 0 Å². The highest BCUT2D eigenvalue weighted by molar-refractivity contribution is 5.91. The maximum absolute atomic E-state index is 11.5. The molecule has 0 spiro atoms. The van der Waals surface area contributed by atoms with Crippen LogP contribution in [0.3, 0.4) is 0 Å². The largest absolute Gasteiger partial charge is 0.294 e. The van der Waals surface area contributed by atoms with Crippen LogP contribution in [0.2, 0.25) is 0 Å². The van der Waals surface area contributed by atoms with Crippen molar-refractivity contribution in [3.05, 3.63) is 29.6 Å². The zero-order chi connectivity index (χ0) is 13.9. The monoisotopic (exact) mass is 274 g/mol. The third-order valence-corrected chi connectivity index (χ3v) is 4.66. The Labute approximate surface area is 119 Å². The summed E-state index contributed by atoms with van der Waals surface area (Å²) in [7, 11) is 0. The number of nitrogens with zero attached hydrogens (tertiary/aromatic N) is 2. The Bertz CT molecular complexity index is 491. The molecule has 5 nitrogen and oxygen atoms in total. The fraction of sp³-hybridized carbons (Fsp3) is 0.600. The molecule has 1 aromatic heterocycles. The lowest BCUT2D eigenvalue weighted by Gasteiger charge is -2.31. The lowest BCUT2D eigenvalue weighted by Crippen LogP contribution is -2.35. The Kier molecular flexibility index (Phi) is 3.98. The molecule has 1 aliphatic carbocycles. The van der Waals surface area contributed by atoms with Gasteiger partial charge < -0.3 is 0 Å². The Morgan fingerprint density at radius 3 is 3.05 bits per heavy atom. The van der Waals surface area contributed by atoms with Crippen molar-refractivity contribution in [3.8, 4) is 0 Å². The van der Waals surface area contributed by atoms with Crippen molar-refractivity contribution in [1.82, 2.24) is 15.3 Å². The van der Waals surface area contributed by atoms with Gasteiger partial charge in [-0.3, -0.25) is 15.1 Å². The molecule has 2 fully saturated rings. The average molecular weight is 274 g/mol. The number of likely N-dealkylation sites (tertiary alicyclic amines) is 1. The van der Waals surface area contributed by atoms with Gasteiger partial charge in [0.2, 0.25) is 0 Å². The van der Waals surface area contributed by atoms with Gasteiger partial charge in [0.15, 0.2) is 0 Å². The van der Waals surface area contributed by atoms with Gasteiger partial charge in [0.05, 0.1) is 5.69 Å². The fourth-order valence-electron chi connectivity index (χ4n) is 3.68. The van der Waals surface area contributed by atoms with Gasteiger partial charge in [-0.2, -0.15) is 0 Å². The highest BCUT2D eigenvalue weighted by atomic mass is 16.2. The summed E-state index contributed by atoms with van der Waals surface area (Å²) in [6.45, 7) is 2.00. The highest BCUT2D eigenvalue weighted by Crippen LogP contribution is 2.36. The second-order valence-corrected chi connectivity index (χ2v) is 5.86. The minimum atomic E-state index is -0.330. The van der Waals surface area contributed by atoms with E-state index in [1.54, 1.807) is 6.07 Å². The first-order valence-electron chi connectivity index (χ1n) is 7.49. The standard InChI is InChI=1S/C15H22N4O/c16-18-15(20)13-6-3-5-12(17-13)10-19-9-8-11-4-1-2-7-14(11)19/h3,5-6,11,14H,1-2,4,7-10,16H2,(H,18,20). The maximum Gasteiger partial charge on any atom is 0.283 e. The van der Waals surface area contributed by atoms with E-state index in [-0.39, 0.29) is 5.91 Å². The summed E-state index contributed by atoms with van der Waals surface area (Å²) in [6, 6.07) is 6.28. The number of amides is 1. The predicted octanol–water partition coefficient (Wildman–Crippen LogP) is 1.45. The molecule has 20 heavy (non-hydrogen) atoms. The van der Waals surface area contributed by atoms with Crippen molar-refractivity contribution in [3.63, 3.8) is 0 Å². The van der Waals surface area contributed by atoms with E-state index in [2.05, 4.69) is 15.3 Å². The van der Waals surface area contributed by atoms with Gasteiger partial charge in [0, 0.05) is 12.6 Å². The van der Waals surface area contributed by atoms with Crippen molar-refractivity contribution in [2.75, 3.05) is 6.54 Å².